The molecule has 6 nitrogen and oxygen atoms in total. The van der Waals surface area contributed by atoms with Crippen molar-refractivity contribution in [2.45, 2.75) is 44.8 Å². The van der Waals surface area contributed by atoms with E-state index in [2.05, 4.69) is 0 Å². The molecule has 3 atom stereocenters. The lowest BCUT2D eigenvalue weighted by Crippen LogP contribution is -2.59. The molecule has 0 bridgehead atoms. The van der Waals surface area contributed by atoms with Crippen molar-refractivity contribution in [3.05, 3.63) is 0 Å². The van der Waals surface area contributed by atoms with Crippen molar-refractivity contribution < 1.29 is 28.5 Å². The Labute approximate surface area is 119 Å². The maximum Gasteiger partial charge on any atom is 0.341 e. The summed E-state index contributed by atoms with van der Waals surface area (Å²) in [4.78, 5) is 24.3. The molecule has 0 N–H and O–H groups in total. The number of hydrogen-bond acceptors (Lipinski definition) is 6. The molecule has 1 saturated carbocycles. The van der Waals surface area contributed by atoms with Crippen LogP contribution in [0.5, 0.6) is 0 Å². The van der Waals surface area contributed by atoms with Gasteiger partial charge in [-0.05, 0) is 33.1 Å². The van der Waals surface area contributed by atoms with E-state index in [1.807, 2.05) is 0 Å². The summed E-state index contributed by atoms with van der Waals surface area (Å²) in [5.74, 6) is -1.36. The van der Waals surface area contributed by atoms with Crippen LogP contribution in [0, 0.1) is 5.92 Å². The van der Waals surface area contributed by atoms with Crippen LogP contribution in [0.4, 0.5) is 0 Å². The molecule has 1 aliphatic carbocycles. The third-order valence-corrected chi connectivity index (χ3v) is 3.72. The van der Waals surface area contributed by atoms with Gasteiger partial charge in [-0.2, -0.15) is 0 Å². The highest BCUT2D eigenvalue weighted by atomic mass is 16.6. The summed E-state index contributed by atoms with van der Waals surface area (Å²) in [7, 11) is 2.91. The Morgan fingerprint density at radius 3 is 2.30 bits per heavy atom. The molecule has 0 saturated heterocycles. The van der Waals surface area contributed by atoms with Crippen LogP contribution in [0.2, 0.25) is 0 Å². The van der Waals surface area contributed by atoms with Crippen LogP contribution in [0.3, 0.4) is 0 Å². The van der Waals surface area contributed by atoms with E-state index >= 15 is 0 Å². The Morgan fingerprint density at radius 1 is 1.15 bits per heavy atom. The van der Waals surface area contributed by atoms with Gasteiger partial charge in [0.2, 0.25) is 0 Å². The first-order chi connectivity index (χ1) is 9.57. The van der Waals surface area contributed by atoms with Gasteiger partial charge >= 0.3 is 11.9 Å². The molecular formula is C14H24O6. The minimum atomic E-state index is -1.24. The summed E-state index contributed by atoms with van der Waals surface area (Å²) in [6.07, 6.45) is 1.06. The summed E-state index contributed by atoms with van der Waals surface area (Å²) in [5.41, 5.74) is -1.24. The van der Waals surface area contributed by atoms with Gasteiger partial charge in [0, 0.05) is 14.2 Å². The third-order valence-electron chi connectivity index (χ3n) is 3.72. The van der Waals surface area contributed by atoms with Gasteiger partial charge in [0.15, 0.2) is 5.60 Å². The SMILES string of the molecule is CCOC(=O)C1CCCC(OC)(C(=O)OCC)C1OC. The van der Waals surface area contributed by atoms with Crippen LogP contribution in [-0.4, -0.2) is 51.1 Å². The fourth-order valence-electron chi connectivity index (χ4n) is 2.82. The Bertz CT molecular complexity index is 343. The lowest BCUT2D eigenvalue weighted by Gasteiger charge is -2.42. The van der Waals surface area contributed by atoms with Crippen molar-refractivity contribution in [3.63, 3.8) is 0 Å². The maximum absolute atomic E-state index is 12.3. The second kappa shape index (κ2) is 7.59. The smallest absolute Gasteiger partial charge is 0.341 e. The predicted octanol–water partition coefficient (Wildman–Crippen LogP) is 1.31. The highest BCUT2D eigenvalue weighted by Crippen LogP contribution is 2.38. The average molecular weight is 288 g/mol. The zero-order valence-corrected chi connectivity index (χ0v) is 12.6. The van der Waals surface area contributed by atoms with E-state index in [0.29, 0.717) is 25.9 Å². The zero-order valence-electron chi connectivity index (χ0n) is 12.6. The normalized spacial score (nSPS) is 29.8. The van der Waals surface area contributed by atoms with Gasteiger partial charge in [0.05, 0.1) is 19.1 Å². The number of rotatable bonds is 6. The van der Waals surface area contributed by atoms with E-state index < -0.39 is 23.6 Å². The first-order valence-corrected chi connectivity index (χ1v) is 6.99. The molecule has 20 heavy (non-hydrogen) atoms. The Morgan fingerprint density at radius 2 is 1.80 bits per heavy atom. The molecule has 0 aromatic rings. The number of ether oxygens (including phenoxy) is 4. The van der Waals surface area contributed by atoms with Gasteiger partial charge in [-0.15, -0.1) is 0 Å². The minimum absolute atomic E-state index is 0.254. The van der Waals surface area contributed by atoms with E-state index in [-0.39, 0.29) is 12.6 Å². The van der Waals surface area contributed by atoms with E-state index in [1.54, 1.807) is 13.8 Å². The van der Waals surface area contributed by atoms with Gasteiger partial charge in [0.25, 0.3) is 0 Å². The van der Waals surface area contributed by atoms with Gasteiger partial charge in [-0.1, -0.05) is 0 Å². The molecule has 0 amide bonds. The van der Waals surface area contributed by atoms with Crippen LogP contribution in [0.15, 0.2) is 0 Å². The molecule has 0 heterocycles. The first-order valence-electron chi connectivity index (χ1n) is 6.99. The van der Waals surface area contributed by atoms with Gasteiger partial charge < -0.3 is 18.9 Å². The summed E-state index contributed by atoms with van der Waals surface area (Å²) < 4.78 is 21.0. The second-order valence-electron chi connectivity index (χ2n) is 4.72. The molecule has 0 aromatic carbocycles. The zero-order chi connectivity index (χ0) is 15.2. The topological polar surface area (TPSA) is 71.1 Å². The summed E-state index contributed by atoms with van der Waals surface area (Å²) in [6, 6.07) is 0. The van der Waals surface area contributed by atoms with Crippen LogP contribution in [-0.2, 0) is 28.5 Å². The van der Waals surface area contributed by atoms with Crippen molar-refractivity contribution in [2.75, 3.05) is 27.4 Å². The Balaban J connectivity index is 3.03. The standard InChI is InChI=1S/C14H24O6/c1-5-19-12(15)10-8-7-9-14(18-4,11(10)17-3)13(16)20-6-2/h10-11H,5-9H2,1-4H3. The Kier molecular flexibility index (Phi) is 6.42. The van der Waals surface area contributed by atoms with Crippen LogP contribution in [0.25, 0.3) is 0 Å². The molecule has 1 rings (SSSR count). The van der Waals surface area contributed by atoms with E-state index in [0.717, 1.165) is 0 Å². The number of carbonyl (C=O) groups excluding carboxylic acids is 2. The minimum Gasteiger partial charge on any atom is -0.466 e. The van der Waals surface area contributed by atoms with E-state index in [9.17, 15) is 9.59 Å². The van der Waals surface area contributed by atoms with Crippen molar-refractivity contribution >= 4 is 11.9 Å². The lowest BCUT2D eigenvalue weighted by molar-refractivity contribution is -0.206. The van der Waals surface area contributed by atoms with Crippen molar-refractivity contribution in [1.82, 2.24) is 0 Å². The largest absolute Gasteiger partial charge is 0.466 e. The average Bonchev–Trinajstić information content (AvgIpc) is 2.46. The second-order valence-corrected chi connectivity index (χ2v) is 4.72. The van der Waals surface area contributed by atoms with Gasteiger partial charge in [-0.3, -0.25) is 4.79 Å². The Hall–Kier alpha value is -1.14. The summed E-state index contributed by atoms with van der Waals surface area (Å²) in [6.45, 7) is 4.03. The quantitative estimate of drug-likeness (QED) is 0.686. The van der Waals surface area contributed by atoms with Crippen LogP contribution >= 0.6 is 0 Å². The third kappa shape index (κ3) is 3.12. The lowest BCUT2D eigenvalue weighted by atomic mass is 9.75. The summed E-state index contributed by atoms with van der Waals surface area (Å²) >= 11 is 0. The van der Waals surface area contributed by atoms with Crippen molar-refractivity contribution in [2.24, 2.45) is 5.92 Å². The molecule has 1 fully saturated rings. The number of esters is 2. The van der Waals surface area contributed by atoms with E-state index in [4.69, 9.17) is 18.9 Å². The highest BCUT2D eigenvalue weighted by molar-refractivity contribution is 5.83. The fourth-order valence-corrected chi connectivity index (χ4v) is 2.82. The van der Waals surface area contributed by atoms with Crippen molar-refractivity contribution in [3.8, 4) is 0 Å². The monoisotopic (exact) mass is 288 g/mol. The van der Waals surface area contributed by atoms with Gasteiger partial charge in [-0.25, -0.2) is 4.79 Å². The fraction of sp³-hybridized carbons (Fsp3) is 0.857. The number of methoxy groups -OCH3 is 2. The molecule has 3 unspecified atom stereocenters. The predicted molar refractivity (Wildman–Crippen MR) is 71.1 cm³/mol. The summed E-state index contributed by atoms with van der Waals surface area (Å²) in [5, 5.41) is 0. The van der Waals surface area contributed by atoms with Crippen LogP contribution < -0.4 is 0 Å². The molecule has 1 aliphatic rings. The molecule has 116 valence electrons. The highest BCUT2D eigenvalue weighted by Gasteiger charge is 2.55. The van der Waals surface area contributed by atoms with Crippen molar-refractivity contribution in [1.29, 1.82) is 0 Å². The molecule has 0 radical (unpaired) electrons. The first kappa shape index (κ1) is 16.9. The van der Waals surface area contributed by atoms with E-state index in [1.165, 1.54) is 14.2 Å². The maximum atomic E-state index is 12.3. The molecular weight excluding hydrogens is 264 g/mol. The molecule has 0 aromatic heterocycles. The molecule has 6 heteroatoms. The molecule has 0 spiro atoms. The number of carbonyl (C=O) groups is 2. The number of hydrogen-bond donors (Lipinski definition) is 0. The van der Waals surface area contributed by atoms with Crippen LogP contribution in [0.1, 0.15) is 33.1 Å². The van der Waals surface area contributed by atoms with Gasteiger partial charge in [0.1, 0.15) is 6.10 Å². The molecule has 0 aliphatic heterocycles.